The molecule has 0 aromatic carbocycles. The number of anilines is 2. The Morgan fingerprint density at radius 2 is 2.00 bits per heavy atom. The molecule has 1 aromatic rings. The van der Waals surface area contributed by atoms with Crippen molar-refractivity contribution in [3.05, 3.63) is 11.8 Å². The molecule has 4 N–H and O–H groups in total. The number of carbonyl (C=O) groups is 1. The van der Waals surface area contributed by atoms with Gasteiger partial charge in [-0.15, -0.1) is 0 Å². The molecule has 1 fully saturated rings. The Kier molecular flexibility index (Phi) is 5.25. The van der Waals surface area contributed by atoms with Crippen molar-refractivity contribution < 1.29 is 9.53 Å². The number of hydrogen-bond acceptors (Lipinski definition) is 7. The standard InChI is InChI=1S/C15H26N6O2/c1-15(2,3)23-14(22)21-6-4-5-20(7-8-21)10-11-9-18-13(17)19-12(11)16/h9H,4-8,10H2,1-3H3,(H4,16,17,18,19). The fraction of sp³-hybridized carbons (Fsp3) is 0.667. The summed E-state index contributed by atoms with van der Waals surface area (Å²) in [5, 5.41) is 0. The van der Waals surface area contributed by atoms with E-state index < -0.39 is 5.60 Å². The van der Waals surface area contributed by atoms with Gasteiger partial charge in [-0.2, -0.15) is 4.98 Å². The minimum Gasteiger partial charge on any atom is -0.444 e. The lowest BCUT2D eigenvalue weighted by molar-refractivity contribution is 0.0257. The minimum atomic E-state index is -0.473. The van der Waals surface area contributed by atoms with Crippen LogP contribution >= 0.6 is 0 Å². The molecule has 1 aliphatic heterocycles. The van der Waals surface area contributed by atoms with E-state index in [2.05, 4.69) is 14.9 Å². The van der Waals surface area contributed by atoms with Crippen LogP contribution in [0.25, 0.3) is 0 Å². The summed E-state index contributed by atoms with van der Waals surface area (Å²) in [6.45, 7) is 9.22. The molecule has 23 heavy (non-hydrogen) atoms. The van der Waals surface area contributed by atoms with E-state index in [1.165, 1.54) is 0 Å². The van der Waals surface area contributed by atoms with Crippen molar-refractivity contribution in [3.8, 4) is 0 Å². The van der Waals surface area contributed by atoms with Crippen LogP contribution in [0.2, 0.25) is 0 Å². The number of nitrogens with zero attached hydrogens (tertiary/aromatic N) is 4. The molecule has 0 radical (unpaired) electrons. The van der Waals surface area contributed by atoms with Crippen molar-refractivity contribution >= 4 is 17.9 Å². The van der Waals surface area contributed by atoms with Crippen LogP contribution in [0.5, 0.6) is 0 Å². The number of hydrogen-bond donors (Lipinski definition) is 2. The Labute approximate surface area is 136 Å². The average molecular weight is 322 g/mol. The zero-order chi connectivity index (χ0) is 17.0. The van der Waals surface area contributed by atoms with E-state index >= 15 is 0 Å². The van der Waals surface area contributed by atoms with E-state index in [0.29, 0.717) is 25.5 Å². The molecule has 2 rings (SSSR count). The van der Waals surface area contributed by atoms with Gasteiger partial charge in [0, 0.05) is 44.5 Å². The van der Waals surface area contributed by atoms with Crippen LogP contribution in [-0.2, 0) is 11.3 Å². The van der Waals surface area contributed by atoms with E-state index in [1.807, 2.05) is 20.8 Å². The Morgan fingerprint density at radius 3 is 2.65 bits per heavy atom. The van der Waals surface area contributed by atoms with Crippen molar-refractivity contribution in [3.63, 3.8) is 0 Å². The first kappa shape index (κ1) is 17.3. The van der Waals surface area contributed by atoms with Gasteiger partial charge in [0.05, 0.1) is 0 Å². The fourth-order valence-corrected chi connectivity index (χ4v) is 2.44. The molecule has 1 aromatic heterocycles. The molecule has 0 unspecified atom stereocenters. The summed E-state index contributed by atoms with van der Waals surface area (Å²) in [5.74, 6) is 0.587. The molecule has 1 aliphatic rings. The Morgan fingerprint density at radius 1 is 1.26 bits per heavy atom. The van der Waals surface area contributed by atoms with Crippen LogP contribution in [0.15, 0.2) is 6.20 Å². The monoisotopic (exact) mass is 322 g/mol. The molecule has 1 saturated heterocycles. The van der Waals surface area contributed by atoms with Gasteiger partial charge in [-0.3, -0.25) is 4.90 Å². The highest BCUT2D eigenvalue weighted by Crippen LogP contribution is 2.15. The second kappa shape index (κ2) is 6.99. The maximum atomic E-state index is 12.2. The molecule has 128 valence electrons. The Bertz CT molecular complexity index is 557. The van der Waals surface area contributed by atoms with Gasteiger partial charge < -0.3 is 21.1 Å². The molecule has 0 saturated carbocycles. The maximum Gasteiger partial charge on any atom is 0.410 e. The van der Waals surface area contributed by atoms with Crippen LogP contribution in [0.1, 0.15) is 32.8 Å². The molecule has 0 bridgehead atoms. The van der Waals surface area contributed by atoms with Crippen molar-refractivity contribution in [2.45, 2.75) is 39.3 Å². The third-order valence-corrected chi connectivity index (χ3v) is 3.55. The first-order valence-corrected chi connectivity index (χ1v) is 7.82. The molecule has 0 atom stereocenters. The Balaban J connectivity index is 1.92. The van der Waals surface area contributed by atoms with E-state index in [4.69, 9.17) is 16.2 Å². The highest BCUT2D eigenvalue weighted by atomic mass is 16.6. The predicted octanol–water partition coefficient (Wildman–Crippen LogP) is 1.08. The van der Waals surface area contributed by atoms with Crippen LogP contribution in [0, 0.1) is 0 Å². The van der Waals surface area contributed by atoms with Gasteiger partial charge in [-0.05, 0) is 27.2 Å². The van der Waals surface area contributed by atoms with Crippen LogP contribution in [0.4, 0.5) is 16.6 Å². The summed E-state index contributed by atoms with van der Waals surface area (Å²) in [6.07, 6.45) is 2.29. The molecular weight excluding hydrogens is 296 g/mol. The first-order valence-electron chi connectivity index (χ1n) is 7.82. The van der Waals surface area contributed by atoms with Gasteiger partial charge in [0.1, 0.15) is 11.4 Å². The van der Waals surface area contributed by atoms with Gasteiger partial charge in [-0.1, -0.05) is 0 Å². The van der Waals surface area contributed by atoms with E-state index in [1.54, 1.807) is 11.1 Å². The number of ether oxygens (including phenoxy) is 1. The molecule has 8 nitrogen and oxygen atoms in total. The number of nitrogen functional groups attached to an aromatic ring is 2. The lowest BCUT2D eigenvalue weighted by Crippen LogP contribution is -2.39. The van der Waals surface area contributed by atoms with Gasteiger partial charge in [0.25, 0.3) is 0 Å². The summed E-state index contributed by atoms with van der Waals surface area (Å²) in [6, 6.07) is 0. The predicted molar refractivity (Wildman–Crippen MR) is 88.6 cm³/mol. The van der Waals surface area contributed by atoms with Crippen molar-refractivity contribution in [2.75, 3.05) is 37.6 Å². The second-order valence-corrected chi connectivity index (χ2v) is 6.74. The third-order valence-electron chi connectivity index (χ3n) is 3.55. The van der Waals surface area contributed by atoms with E-state index in [-0.39, 0.29) is 12.0 Å². The fourth-order valence-electron chi connectivity index (χ4n) is 2.44. The van der Waals surface area contributed by atoms with Gasteiger partial charge >= 0.3 is 6.09 Å². The quantitative estimate of drug-likeness (QED) is 0.838. The number of amides is 1. The van der Waals surface area contributed by atoms with Crippen molar-refractivity contribution in [1.29, 1.82) is 0 Å². The normalized spacial score (nSPS) is 16.9. The zero-order valence-electron chi connectivity index (χ0n) is 14.1. The largest absolute Gasteiger partial charge is 0.444 e. The summed E-state index contributed by atoms with van der Waals surface area (Å²) >= 11 is 0. The molecule has 8 heteroatoms. The number of rotatable bonds is 2. The van der Waals surface area contributed by atoms with Crippen molar-refractivity contribution in [1.82, 2.24) is 19.8 Å². The molecule has 0 aliphatic carbocycles. The highest BCUT2D eigenvalue weighted by Gasteiger charge is 2.24. The lowest BCUT2D eigenvalue weighted by Gasteiger charge is -2.26. The number of aromatic nitrogens is 2. The summed E-state index contributed by atoms with van der Waals surface area (Å²) in [4.78, 5) is 24.1. The van der Waals surface area contributed by atoms with Crippen LogP contribution in [-0.4, -0.2) is 57.6 Å². The molecule has 0 spiro atoms. The summed E-state index contributed by atoms with van der Waals surface area (Å²) in [5.41, 5.74) is 11.8. The third kappa shape index (κ3) is 5.24. The SMILES string of the molecule is CC(C)(C)OC(=O)N1CCCN(Cc2cnc(N)nc2N)CC1. The van der Waals surface area contributed by atoms with Crippen LogP contribution in [0.3, 0.4) is 0 Å². The molecule has 2 heterocycles. The topological polar surface area (TPSA) is 111 Å². The van der Waals surface area contributed by atoms with E-state index in [9.17, 15) is 4.79 Å². The average Bonchev–Trinajstić information content (AvgIpc) is 2.66. The second-order valence-electron chi connectivity index (χ2n) is 6.74. The smallest absolute Gasteiger partial charge is 0.410 e. The van der Waals surface area contributed by atoms with Crippen molar-refractivity contribution in [2.24, 2.45) is 0 Å². The lowest BCUT2D eigenvalue weighted by atomic mass is 10.2. The minimum absolute atomic E-state index is 0.179. The first-order chi connectivity index (χ1) is 10.7. The van der Waals surface area contributed by atoms with Crippen LogP contribution < -0.4 is 11.5 Å². The summed E-state index contributed by atoms with van der Waals surface area (Å²) in [7, 11) is 0. The van der Waals surface area contributed by atoms with Gasteiger partial charge in [-0.25, -0.2) is 9.78 Å². The number of carbonyl (C=O) groups excluding carboxylic acids is 1. The highest BCUT2D eigenvalue weighted by molar-refractivity contribution is 5.68. The maximum absolute atomic E-state index is 12.2. The number of nitrogens with two attached hydrogens (primary N) is 2. The van der Waals surface area contributed by atoms with E-state index in [0.717, 1.165) is 25.1 Å². The van der Waals surface area contributed by atoms with Gasteiger partial charge in [0.2, 0.25) is 5.95 Å². The zero-order valence-corrected chi connectivity index (χ0v) is 14.1. The molecular formula is C15H26N6O2. The summed E-state index contributed by atoms with van der Waals surface area (Å²) < 4.78 is 5.43. The van der Waals surface area contributed by atoms with Gasteiger partial charge in [0.15, 0.2) is 0 Å². The Hall–Kier alpha value is -2.09. The molecule has 1 amide bonds.